The fourth-order valence-corrected chi connectivity index (χ4v) is 2.54. The summed E-state index contributed by atoms with van der Waals surface area (Å²) < 4.78 is 1.99. The van der Waals surface area contributed by atoms with Gasteiger partial charge in [0.1, 0.15) is 5.82 Å². The molecule has 0 bridgehead atoms. The minimum absolute atomic E-state index is 0.0103. The highest BCUT2D eigenvalue weighted by Gasteiger charge is 2.14. The van der Waals surface area contributed by atoms with Crippen LogP contribution in [0.1, 0.15) is 17.4 Å². The van der Waals surface area contributed by atoms with Gasteiger partial charge in [-0.25, -0.2) is 10.4 Å². The van der Waals surface area contributed by atoms with E-state index in [0.717, 1.165) is 12.2 Å². The molecule has 0 amide bonds. The summed E-state index contributed by atoms with van der Waals surface area (Å²) in [5.41, 5.74) is 4.10. The van der Waals surface area contributed by atoms with Crippen LogP contribution in [-0.4, -0.2) is 9.55 Å². The van der Waals surface area contributed by atoms with Crippen molar-refractivity contribution in [3.05, 3.63) is 66.2 Å². The van der Waals surface area contributed by atoms with Gasteiger partial charge in [-0.3, -0.25) is 5.84 Å². The lowest BCUT2D eigenvalue weighted by atomic mass is 10.0. The Bertz CT molecular complexity index is 717. The number of nitrogens with two attached hydrogens (primary N) is 1. The normalized spacial score (nSPS) is 12.7. The van der Waals surface area contributed by atoms with Crippen molar-refractivity contribution in [3.8, 4) is 0 Å². The number of aromatic nitrogens is 2. The van der Waals surface area contributed by atoms with Gasteiger partial charge in [-0.05, 0) is 22.8 Å². The zero-order chi connectivity index (χ0) is 13.9. The molecule has 0 aliphatic carbocycles. The monoisotopic (exact) mass is 266 g/mol. The van der Waals surface area contributed by atoms with E-state index in [1.807, 2.05) is 17.8 Å². The van der Waals surface area contributed by atoms with Crippen molar-refractivity contribution in [3.63, 3.8) is 0 Å². The molecule has 1 atom stereocenters. The molecule has 3 rings (SSSR count). The van der Waals surface area contributed by atoms with Crippen LogP contribution in [0.4, 0.5) is 0 Å². The maximum absolute atomic E-state index is 5.69. The van der Waals surface area contributed by atoms with Gasteiger partial charge >= 0.3 is 0 Å². The smallest absolute Gasteiger partial charge is 0.127 e. The van der Waals surface area contributed by atoms with Crippen molar-refractivity contribution < 1.29 is 0 Å². The summed E-state index contributed by atoms with van der Waals surface area (Å²) in [6, 6.07) is 14.9. The lowest BCUT2D eigenvalue weighted by Gasteiger charge is -2.16. The van der Waals surface area contributed by atoms with Gasteiger partial charge in [0.15, 0.2) is 0 Å². The average molecular weight is 266 g/mol. The van der Waals surface area contributed by atoms with E-state index in [2.05, 4.69) is 52.9 Å². The molecule has 0 radical (unpaired) electrons. The van der Waals surface area contributed by atoms with Gasteiger partial charge in [0, 0.05) is 19.4 Å². The third kappa shape index (κ3) is 2.43. The molecule has 0 aliphatic heterocycles. The van der Waals surface area contributed by atoms with Crippen molar-refractivity contribution in [2.75, 3.05) is 0 Å². The Kier molecular flexibility index (Phi) is 3.50. The van der Waals surface area contributed by atoms with Crippen molar-refractivity contribution >= 4 is 10.8 Å². The quantitative estimate of drug-likeness (QED) is 0.563. The standard InChI is InChI=1S/C16H18N4/c1-20-9-8-18-16(20)15(19-17)11-12-6-7-13-4-2-3-5-14(13)10-12/h2-10,15,19H,11,17H2,1H3. The molecule has 1 heterocycles. The molecule has 0 aliphatic rings. The minimum Gasteiger partial charge on any atom is -0.337 e. The summed E-state index contributed by atoms with van der Waals surface area (Å²) in [5.74, 6) is 6.64. The molecule has 102 valence electrons. The number of nitrogens with zero attached hydrogens (tertiary/aromatic N) is 2. The van der Waals surface area contributed by atoms with Gasteiger partial charge in [-0.2, -0.15) is 0 Å². The number of hydrogen-bond acceptors (Lipinski definition) is 3. The van der Waals surface area contributed by atoms with Gasteiger partial charge in [0.2, 0.25) is 0 Å². The van der Waals surface area contributed by atoms with Gasteiger partial charge in [-0.15, -0.1) is 0 Å². The van der Waals surface area contributed by atoms with Crippen LogP contribution < -0.4 is 11.3 Å². The van der Waals surface area contributed by atoms with E-state index in [4.69, 9.17) is 5.84 Å². The van der Waals surface area contributed by atoms with Gasteiger partial charge in [0.05, 0.1) is 6.04 Å². The first-order chi connectivity index (χ1) is 9.78. The lowest BCUT2D eigenvalue weighted by Crippen LogP contribution is -2.31. The average Bonchev–Trinajstić information content (AvgIpc) is 2.91. The Hall–Kier alpha value is -2.17. The number of imidazole rings is 1. The third-order valence-corrected chi connectivity index (χ3v) is 3.63. The van der Waals surface area contributed by atoms with Crippen molar-refractivity contribution in [1.82, 2.24) is 15.0 Å². The summed E-state index contributed by atoms with van der Waals surface area (Å²) >= 11 is 0. The molecule has 3 aromatic rings. The highest BCUT2D eigenvalue weighted by atomic mass is 15.3. The molecule has 20 heavy (non-hydrogen) atoms. The van der Waals surface area contributed by atoms with Gasteiger partial charge in [0.25, 0.3) is 0 Å². The van der Waals surface area contributed by atoms with Crippen LogP contribution in [0.15, 0.2) is 54.9 Å². The predicted octanol–water partition coefficient (Wildman–Crippen LogP) is 2.32. The molecule has 0 saturated heterocycles. The SMILES string of the molecule is Cn1ccnc1C(Cc1ccc2ccccc2c1)NN. The molecule has 0 fully saturated rings. The van der Waals surface area contributed by atoms with Crippen LogP contribution in [0.25, 0.3) is 10.8 Å². The first kappa shape index (κ1) is 12.8. The fourth-order valence-electron chi connectivity index (χ4n) is 2.54. The second-order valence-corrected chi connectivity index (χ2v) is 5.00. The van der Waals surface area contributed by atoms with E-state index in [1.165, 1.54) is 16.3 Å². The van der Waals surface area contributed by atoms with Crippen molar-refractivity contribution in [2.24, 2.45) is 12.9 Å². The zero-order valence-electron chi connectivity index (χ0n) is 11.5. The number of hydrazine groups is 1. The summed E-state index contributed by atoms with van der Waals surface area (Å²) in [5, 5.41) is 2.51. The zero-order valence-corrected chi connectivity index (χ0v) is 11.5. The van der Waals surface area contributed by atoms with Crippen LogP contribution in [0.2, 0.25) is 0 Å². The van der Waals surface area contributed by atoms with E-state index < -0.39 is 0 Å². The van der Waals surface area contributed by atoms with Crippen LogP contribution in [0.3, 0.4) is 0 Å². The topological polar surface area (TPSA) is 55.9 Å². The van der Waals surface area contributed by atoms with E-state index in [0.29, 0.717) is 0 Å². The Morgan fingerprint density at radius 2 is 2.00 bits per heavy atom. The summed E-state index contributed by atoms with van der Waals surface area (Å²) in [7, 11) is 1.98. The molecule has 4 nitrogen and oxygen atoms in total. The molecule has 0 saturated carbocycles. The molecule has 0 spiro atoms. The first-order valence-electron chi connectivity index (χ1n) is 6.69. The number of nitrogens with one attached hydrogen (secondary N) is 1. The van der Waals surface area contributed by atoms with Crippen LogP contribution in [0.5, 0.6) is 0 Å². The maximum atomic E-state index is 5.69. The van der Waals surface area contributed by atoms with E-state index in [-0.39, 0.29) is 6.04 Å². The second kappa shape index (κ2) is 5.45. The number of hydrogen-bond donors (Lipinski definition) is 2. The molecule has 1 aromatic heterocycles. The fraction of sp³-hybridized carbons (Fsp3) is 0.188. The minimum atomic E-state index is 0.0103. The van der Waals surface area contributed by atoms with Crippen molar-refractivity contribution in [2.45, 2.75) is 12.5 Å². The Balaban J connectivity index is 1.89. The highest BCUT2D eigenvalue weighted by Crippen LogP contribution is 2.20. The summed E-state index contributed by atoms with van der Waals surface area (Å²) in [6.45, 7) is 0. The summed E-state index contributed by atoms with van der Waals surface area (Å²) in [4.78, 5) is 4.37. The van der Waals surface area contributed by atoms with Crippen LogP contribution >= 0.6 is 0 Å². The molecular weight excluding hydrogens is 248 g/mol. The van der Waals surface area contributed by atoms with Gasteiger partial charge in [-0.1, -0.05) is 42.5 Å². The van der Waals surface area contributed by atoms with Crippen molar-refractivity contribution in [1.29, 1.82) is 0 Å². The van der Waals surface area contributed by atoms with Gasteiger partial charge < -0.3 is 4.57 Å². The largest absolute Gasteiger partial charge is 0.337 e. The van der Waals surface area contributed by atoms with E-state index >= 15 is 0 Å². The highest BCUT2D eigenvalue weighted by molar-refractivity contribution is 5.82. The molecule has 2 aromatic carbocycles. The third-order valence-electron chi connectivity index (χ3n) is 3.63. The van der Waals surface area contributed by atoms with Crippen LogP contribution in [0, 0.1) is 0 Å². The Labute approximate surface area is 118 Å². The maximum Gasteiger partial charge on any atom is 0.127 e. The lowest BCUT2D eigenvalue weighted by molar-refractivity contribution is 0.507. The number of aryl methyl sites for hydroxylation is 1. The van der Waals surface area contributed by atoms with Crippen LogP contribution in [-0.2, 0) is 13.5 Å². The molecule has 4 heteroatoms. The number of fused-ring (bicyclic) bond motifs is 1. The molecule has 1 unspecified atom stereocenters. The molecular formula is C16H18N4. The van der Waals surface area contributed by atoms with E-state index in [1.54, 1.807) is 6.20 Å². The number of rotatable bonds is 4. The first-order valence-corrected chi connectivity index (χ1v) is 6.69. The summed E-state index contributed by atoms with van der Waals surface area (Å²) in [6.07, 6.45) is 4.53. The predicted molar refractivity (Wildman–Crippen MR) is 80.9 cm³/mol. The Morgan fingerprint density at radius 3 is 2.70 bits per heavy atom. The van der Waals surface area contributed by atoms with E-state index in [9.17, 15) is 0 Å². The number of benzene rings is 2. The molecule has 3 N–H and O–H groups in total. The Morgan fingerprint density at radius 1 is 1.20 bits per heavy atom. The second-order valence-electron chi connectivity index (χ2n) is 5.00.